The molecule has 0 saturated carbocycles. The maximum absolute atomic E-state index is 14.0. The molecule has 0 aliphatic carbocycles. The first kappa shape index (κ1) is 24.0. The Morgan fingerprint density at radius 1 is 1.06 bits per heavy atom. The molecule has 0 bridgehead atoms. The van der Waals surface area contributed by atoms with Crippen LogP contribution < -0.4 is 4.74 Å². The number of hydrogen-bond donors (Lipinski definition) is 0. The van der Waals surface area contributed by atoms with Crippen LogP contribution in [-0.4, -0.2) is 32.5 Å². The predicted molar refractivity (Wildman–Crippen MR) is 104 cm³/mol. The number of hydrogen-bond acceptors (Lipinski definition) is 6. The molecule has 0 amide bonds. The summed E-state index contributed by atoms with van der Waals surface area (Å²) in [6.07, 6.45) is -6.88. The standard InChI is InChI=1S/C21H18F6N4O3/c1-2-14-9-32-19(34-14,10-31-12-28-11-29-31)16-7-8-17(30-18(16)21(25,26)27)33-15-5-3-13(4-6-15)20(22,23)24/h3-8,11-12,14H,2,9-10H2,1H3. The van der Waals surface area contributed by atoms with E-state index < -0.39 is 41.4 Å². The van der Waals surface area contributed by atoms with E-state index in [4.69, 9.17) is 14.2 Å². The van der Waals surface area contributed by atoms with Crippen molar-refractivity contribution in [2.45, 2.75) is 44.1 Å². The summed E-state index contributed by atoms with van der Waals surface area (Å²) in [4.78, 5) is 7.40. The number of alkyl halides is 6. The van der Waals surface area contributed by atoms with E-state index in [1.54, 1.807) is 0 Å². The van der Waals surface area contributed by atoms with Gasteiger partial charge in [-0.2, -0.15) is 31.4 Å². The van der Waals surface area contributed by atoms with Crippen molar-refractivity contribution >= 4 is 0 Å². The highest BCUT2D eigenvalue weighted by atomic mass is 19.4. The van der Waals surface area contributed by atoms with E-state index in [9.17, 15) is 26.3 Å². The molecule has 0 N–H and O–H groups in total. The van der Waals surface area contributed by atoms with Crippen LogP contribution in [0.3, 0.4) is 0 Å². The van der Waals surface area contributed by atoms with Crippen molar-refractivity contribution < 1.29 is 40.6 Å². The van der Waals surface area contributed by atoms with Gasteiger partial charge in [-0.15, -0.1) is 0 Å². The van der Waals surface area contributed by atoms with E-state index in [-0.39, 0.29) is 24.5 Å². The van der Waals surface area contributed by atoms with Crippen molar-refractivity contribution in [3.63, 3.8) is 0 Å². The minimum atomic E-state index is -4.92. The minimum absolute atomic E-state index is 0.0618. The number of pyridine rings is 1. The summed E-state index contributed by atoms with van der Waals surface area (Å²) in [5.74, 6) is -2.41. The molecule has 1 aliphatic heterocycles. The van der Waals surface area contributed by atoms with Crippen molar-refractivity contribution in [3.8, 4) is 11.6 Å². The summed E-state index contributed by atoms with van der Waals surface area (Å²) < 4.78 is 98.6. The Kier molecular flexibility index (Phi) is 6.25. The van der Waals surface area contributed by atoms with Crippen LogP contribution in [0.1, 0.15) is 30.2 Å². The first-order valence-electron chi connectivity index (χ1n) is 10.1. The largest absolute Gasteiger partial charge is 0.439 e. The third-order valence-corrected chi connectivity index (χ3v) is 5.10. The van der Waals surface area contributed by atoms with Crippen molar-refractivity contribution in [1.82, 2.24) is 19.7 Å². The van der Waals surface area contributed by atoms with Gasteiger partial charge >= 0.3 is 12.4 Å². The van der Waals surface area contributed by atoms with Crippen LogP contribution in [0, 0.1) is 0 Å². The molecule has 2 aromatic heterocycles. The summed E-state index contributed by atoms with van der Waals surface area (Å²) in [5, 5.41) is 3.93. The van der Waals surface area contributed by atoms with Gasteiger partial charge < -0.3 is 14.2 Å². The zero-order chi connectivity index (χ0) is 24.6. The number of ether oxygens (including phenoxy) is 3. The maximum atomic E-state index is 14.0. The number of aromatic nitrogens is 4. The van der Waals surface area contributed by atoms with Gasteiger partial charge in [-0.3, -0.25) is 0 Å². The zero-order valence-corrected chi connectivity index (χ0v) is 17.6. The van der Waals surface area contributed by atoms with E-state index >= 15 is 0 Å². The zero-order valence-electron chi connectivity index (χ0n) is 17.6. The number of nitrogens with zero attached hydrogens (tertiary/aromatic N) is 4. The molecule has 3 aromatic rings. The first-order chi connectivity index (χ1) is 16.0. The van der Waals surface area contributed by atoms with Crippen LogP contribution in [0.4, 0.5) is 26.3 Å². The molecular weight excluding hydrogens is 470 g/mol. The summed E-state index contributed by atoms with van der Waals surface area (Å²) in [6.45, 7) is 1.66. The molecule has 1 aromatic carbocycles. The lowest BCUT2D eigenvalue weighted by molar-refractivity contribution is -0.197. The van der Waals surface area contributed by atoms with Gasteiger partial charge in [-0.1, -0.05) is 6.92 Å². The van der Waals surface area contributed by atoms with Crippen LogP contribution >= 0.6 is 0 Å². The van der Waals surface area contributed by atoms with Gasteiger partial charge in [0.25, 0.3) is 0 Å². The third kappa shape index (κ3) is 4.99. The van der Waals surface area contributed by atoms with Crippen molar-refractivity contribution in [1.29, 1.82) is 0 Å². The highest BCUT2D eigenvalue weighted by Gasteiger charge is 2.50. The first-order valence-corrected chi connectivity index (χ1v) is 10.1. The van der Waals surface area contributed by atoms with E-state index in [0.717, 1.165) is 36.4 Å². The second kappa shape index (κ2) is 8.87. The lowest BCUT2D eigenvalue weighted by Crippen LogP contribution is -2.36. The quantitative estimate of drug-likeness (QED) is 0.446. The van der Waals surface area contributed by atoms with Gasteiger partial charge in [-0.05, 0) is 36.8 Å². The van der Waals surface area contributed by atoms with Crippen molar-refractivity contribution in [3.05, 3.63) is 65.9 Å². The van der Waals surface area contributed by atoms with Crippen LogP contribution in [-0.2, 0) is 34.2 Å². The lowest BCUT2D eigenvalue weighted by Gasteiger charge is -2.30. The van der Waals surface area contributed by atoms with Crippen LogP contribution in [0.15, 0.2) is 49.1 Å². The normalized spacial score (nSPS) is 21.1. The van der Waals surface area contributed by atoms with E-state index in [0.29, 0.717) is 6.42 Å². The Balaban J connectivity index is 1.70. The topological polar surface area (TPSA) is 71.3 Å². The molecule has 7 nitrogen and oxygen atoms in total. The number of rotatable bonds is 6. The second-order valence-corrected chi connectivity index (χ2v) is 7.47. The molecule has 2 unspecified atom stereocenters. The van der Waals surface area contributed by atoms with Crippen LogP contribution in [0.5, 0.6) is 11.6 Å². The molecular formula is C21H18F6N4O3. The molecule has 13 heteroatoms. The summed E-state index contributed by atoms with van der Waals surface area (Å²) in [5.41, 5.74) is -2.62. The van der Waals surface area contributed by atoms with Gasteiger partial charge in [0.05, 0.1) is 18.3 Å². The van der Waals surface area contributed by atoms with Crippen molar-refractivity contribution in [2.75, 3.05) is 6.61 Å². The smallest absolute Gasteiger partial charge is 0.433 e. The van der Waals surface area contributed by atoms with Gasteiger partial charge in [0, 0.05) is 11.6 Å². The summed E-state index contributed by atoms with van der Waals surface area (Å²) in [7, 11) is 0. The van der Waals surface area contributed by atoms with Crippen LogP contribution in [0.25, 0.3) is 0 Å². The average Bonchev–Trinajstić information content (AvgIpc) is 3.43. The lowest BCUT2D eigenvalue weighted by atomic mass is 10.0. The van der Waals surface area contributed by atoms with Gasteiger partial charge in [0.15, 0.2) is 5.69 Å². The molecule has 2 atom stereocenters. The number of halogens is 6. The molecule has 3 heterocycles. The minimum Gasteiger partial charge on any atom is -0.439 e. The maximum Gasteiger partial charge on any atom is 0.433 e. The molecule has 34 heavy (non-hydrogen) atoms. The Labute approximate surface area is 189 Å². The fourth-order valence-electron chi connectivity index (χ4n) is 3.46. The Hall–Kier alpha value is -3.19. The highest BCUT2D eigenvalue weighted by Crippen LogP contribution is 2.43. The fourth-order valence-corrected chi connectivity index (χ4v) is 3.46. The molecule has 1 fully saturated rings. The van der Waals surface area contributed by atoms with Gasteiger partial charge in [0.2, 0.25) is 11.7 Å². The molecule has 0 radical (unpaired) electrons. The van der Waals surface area contributed by atoms with Gasteiger partial charge in [-0.25, -0.2) is 14.6 Å². The van der Waals surface area contributed by atoms with E-state index in [1.165, 1.54) is 17.3 Å². The monoisotopic (exact) mass is 488 g/mol. The Bertz CT molecular complexity index is 1120. The van der Waals surface area contributed by atoms with Crippen molar-refractivity contribution in [2.24, 2.45) is 0 Å². The summed E-state index contributed by atoms with van der Waals surface area (Å²) in [6, 6.07) is 5.78. The molecule has 1 saturated heterocycles. The van der Waals surface area contributed by atoms with Crippen LogP contribution in [0.2, 0.25) is 0 Å². The molecule has 182 valence electrons. The average molecular weight is 488 g/mol. The summed E-state index contributed by atoms with van der Waals surface area (Å²) >= 11 is 0. The van der Waals surface area contributed by atoms with Gasteiger partial charge in [0.1, 0.15) is 24.9 Å². The molecule has 1 aliphatic rings. The highest BCUT2D eigenvalue weighted by molar-refractivity contribution is 5.36. The molecule has 4 rings (SSSR count). The molecule has 0 spiro atoms. The van der Waals surface area contributed by atoms with E-state index in [2.05, 4.69) is 15.1 Å². The number of benzene rings is 1. The Morgan fingerprint density at radius 3 is 2.35 bits per heavy atom. The van der Waals surface area contributed by atoms with E-state index in [1.807, 2.05) is 6.92 Å². The SMILES string of the molecule is CCC1COC(Cn2cncn2)(c2ccc(Oc3ccc(C(F)(F)F)cc3)nc2C(F)(F)F)O1. The predicted octanol–water partition coefficient (Wildman–Crippen LogP) is 5.18. The fraction of sp³-hybridized carbons (Fsp3) is 0.381. The Morgan fingerprint density at radius 2 is 1.79 bits per heavy atom. The second-order valence-electron chi connectivity index (χ2n) is 7.47. The third-order valence-electron chi connectivity index (χ3n) is 5.10.